The van der Waals surface area contributed by atoms with Crippen LogP contribution in [0.1, 0.15) is 5.56 Å². The first kappa shape index (κ1) is 12.2. The summed E-state index contributed by atoms with van der Waals surface area (Å²) in [5.74, 6) is 0.248. The van der Waals surface area contributed by atoms with Crippen LogP contribution in [0.15, 0.2) is 29.3 Å². The Kier molecular flexibility index (Phi) is 6.23. The summed E-state index contributed by atoms with van der Waals surface area (Å²) in [5.41, 5.74) is 5.98. The van der Waals surface area contributed by atoms with Gasteiger partial charge in [-0.3, -0.25) is 4.99 Å². The average molecular weight is 220 g/mol. The van der Waals surface area contributed by atoms with Crippen molar-refractivity contribution in [2.45, 2.75) is 0 Å². The maximum atomic E-state index is 9.29. The summed E-state index contributed by atoms with van der Waals surface area (Å²) in [4.78, 5) is 4.01. The van der Waals surface area contributed by atoms with Crippen LogP contribution in [0, 0.1) is 0 Å². The van der Waals surface area contributed by atoms with Crippen molar-refractivity contribution >= 4 is 6.21 Å². The van der Waals surface area contributed by atoms with Crippen molar-refractivity contribution in [2.24, 2.45) is 10.7 Å². The molecule has 0 fully saturated rings. The molecule has 72 valence electrons. The third-order valence-electron chi connectivity index (χ3n) is 1.43. The topological polar surface area (TPSA) is 58.6 Å². The fraction of sp³-hybridized carbons (Fsp3) is 0.222. The smallest absolute Gasteiger partial charge is 0.124 e. The molecule has 0 saturated carbocycles. The molecular weight excluding hydrogens is 208 g/mol. The molecule has 3 N–H and O–H groups in total. The monoisotopic (exact) mass is 220 g/mol. The molecule has 13 heavy (non-hydrogen) atoms. The number of benzene rings is 1. The number of aromatic hydroxyl groups is 1. The van der Waals surface area contributed by atoms with Crippen LogP contribution in [0.25, 0.3) is 0 Å². The van der Waals surface area contributed by atoms with Crippen molar-refractivity contribution in [3.05, 3.63) is 29.8 Å². The summed E-state index contributed by atoms with van der Waals surface area (Å²) in [7, 11) is 0. The van der Waals surface area contributed by atoms with E-state index in [-0.39, 0.29) is 22.8 Å². The first-order valence-electron chi connectivity index (χ1n) is 3.82. The summed E-state index contributed by atoms with van der Waals surface area (Å²) >= 11 is 0. The quantitative estimate of drug-likeness (QED) is 0.583. The molecule has 0 unspecified atom stereocenters. The van der Waals surface area contributed by atoms with E-state index in [4.69, 9.17) is 5.73 Å². The Morgan fingerprint density at radius 2 is 2.08 bits per heavy atom. The third kappa shape index (κ3) is 4.08. The second-order valence-electron chi connectivity index (χ2n) is 2.38. The largest absolute Gasteiger partial charge is 0.507 e. The third-order valence-corrected chi connectivity index (χ3v) is 1.43. The Hall–Kier alpha value is -0.831. The minimum absolute atomic E-state index is 0. The van der Waals surface area contributed by atoms with Crippen molar-refractivity contribution in [2.75, 3.05) is 13.1 Å². The van der Waals surface area contributed by atoms with Crippen LogP contribution < -0.4 is 5.73 Å². The van der Waals surface area contributed by atoms with Crippen LogP contribution in [0.5, 0.6) is 5.75 Å². The molecule has 1 rings (SSSR count). The van der Waals surface area contributed by atoms with Crippen molar-refractivity contribution in [1.29, 1.82) is 0 Å². The Labute approximate surface area is 88.2 Å². The molecule has 0 aliphatic rings. The molecule has 0 atom stereocenters. The Balaban J connectivity index is 0.00000144. The van der Waals surface area contributed by atoms with Gasteiger partial charge in [-0.2, -0.15) is 0 Å². The van der Waals surface area contributed by atoms with Crippen LogP contribution in [-0.4, -0.2) is 24.4 Å². The standard InChI is InChI=1S/C9H12N2O.Fe/c10-5-6-11-7-8-3-1-2-4-9(8)12;/h1-4,7,12H,5-6,10H2;. The van der Waals surface area contributed by atoms with Crippen molar-refractivity contribution < 1.29 is 22.2 Å². The molecule has 0 bridgehead atoms. The minimum Gasteiger partial charge on any atom is -0.507 e. The Morgan fingerprint density at radius 3 is 2.69 bits per heavy atom. The number of hydrogen-bond donors (Lipinski definition) is 2. The zero-order valence-corrected chi connectivity index (χ0v) is 8.23. The minimum atomic E-state index is 0. The number of aliphatic imine (C=N–C) groups is 1. The molecule has 3 nitrogen and oxygen atoms in total. The van der Waals surface area contributed by atoms with Crippen LogP contribution in [0.4, 0.5) is 0 Å². The van der Waals surface area contributed by atoms with Gasteiger partial charge in [0, 0.05) is 35.4 Å². The Bertz CT molecular complexity index is 276. The summed E-state index contributed by atoms with van der Waals surface area (Å²) in [6.07, 6.45) is 1.63. The van der Waals surface area contributed by atoms with Gasteiger partial charge in [0.15, 0.2) is 0 Å². The van der Waals surface area contributed by atoms with Gasteiger partial charge in [0.25, 0.3) is 0 Å². The Morgan fingerprint density at radius 1 is 1.38 bits per heavy atom. The molecule has 0 aliphatic heterocycles. The summed E-state index contributed by atoms with van der Waals surface area (Å²) in [5, 5.41) is 9.29. The zero-order chi connectivity index (χ0) is 8.81. The van der Waals surface area contributed by atoms with Crippen LogP contribution in [0.3, 0.4) is 0 Å². The van der Waals surface area contributed by atoms with Crippen LogP contribution in [0.2, 0.25) is 0 Å². The van der Waals surface area contributed by atoms with E-state index >= 15 is 0 Å². The second kappa shape index (κ2) is 6.66. The molecule has 1 aromatic rings. The summed E-state index contributed by atoms with van der Waals surface area (Å²) in [6.45, 7) is 1.12. The van der Waals surface area contributed by atoms with Gasteiger partial charge in [-0.05, 0) is 12.1 Å². The normalized spacial score (nSPS) is 9.92. The summed E-state index contributed by atoms with van der Waals surface area (Å²) < 4.78 is 0. The fourth-order valence-electron chi connectivity index (χ4n) is 0.834. The molecule has 0 spiro atoms. The molecule has 0 heterocycles. The van der Waals surface area contributed by atoms with E-state index in [9.17, 15) is 5.11 Å². The maximum Gasteiger partial charge on any atom is 0.124 e. The van der Waals surface area contributed by atoms with Gasteiger partial charge < -0.3 is 10.8 Å². The number of nitrogens with two attached hydrogens (primary N) is 1. The van der Waals surface area contributed by atoms with Gasteiger partial charge in [-0.15, -0.1) is 0 Å². The molecule has 0 radical (unpaired) electrons. The molecule has 0 amide bonds. The van der Waals surface area contributed by atoms with E-state index in [0.717, 1.165) is 5.56 Å². The number of hydrogen-bond acceptors (Lipinski definition) is 3. The first-order valence-corrected chi connectivity index (χ1v) is 3.82. The number of para-hydroxylation sites is 1. The van der Waals surface area contributed by atoms with Gasteiger partial charge in [0.05, 0.1) is 6.54 Å². The average Bonchev–Trinajstić information content (AvgIpc) is 2.09. The fourth-order valence-corrected chi connectivity index (χ4v) is 0.834. The van der Waals surface area contributed by atoms with Crippen molar-refractivity contribution in [3.63, 3.8) is 0 Å². The van der Waals surface area contributed by atoms with E-state index in [0.29, 0.717) is 13.1 Å². The maximum absolute atomic E-state index is 9.29. The van der Waals surface area contributed by atoms with Gasteiger partial charge in [0.1, 0.15) is 5.75 Å². The number of phenols is 1. The van der Waals surface area contributed by atoms with E-state index < -0.39 is 0 Å². The van der Waals surface area contributed by atoms with Crippen LogP contribution in [-0.2, 0) is 17.1 Å². The molecule has 4 heteroatoms. The molecule has 0 aliphatic carbocycles. The van der Waals surface area contributed by atoms with Gasteiger partial charge >= 0.3 is 0 Å². The molecule has 0 saturated heterocycles. The molecular formula is C9H12FeN2O. The van der Waals surface area contributed by atoms with Gasteiger partial charge in [0.2, 0.25) is 0 Å². The molecule has 1 aromatic carbocycles. The SMILES string of the molecule is NCCN=Cc1ccccc1O.[Fe]. The summed E-state index contributed by atoms with van der Waals surface area (Å²) in [6, 6.07) is 7.05. The second-order valence-corrected chi connectivity index (χ2v) is 2.38. The number of phenolic OH excluding ortho intramolecular Hbond substituents is 1. The van der Waals surface area contributed by atoms with Crippen LogP contribution >= 0.6 is 0 Å². The predicted molar refractivity (Wildman–Crippen MR) is 49.6 cm³/mol. The van der Waals surface area contributed by atoms with E-state index in [1.54, 1.807) is 24.4 Å². The molecule has 0 aromatic heterocycles. The van der Waals surface area contributed by atoms with E-state index in [1.165, 1.54) is 0 Å². The van der Waals surface area contributed by atoms with Gasteiger partial charge in [-0.1, -0.05) is 12.1 Å². The van der Waals surface area contributed by atoms with Gasteiger partial charge in [-0.25, -0.2) is 0 Å². The van der Waals surface area contributed by atoms with E-state index in [1.807, 2.05) is 6.07 Å². The van der Waals surface area contributed by atoms with Crippen molar-refractivity contribution in [1.82, 2.24) is 0 Å². The number of nitrogens with zero attached hydrogens (tertiary/aromatic N) is 1. The zero-order valence-electron chi connectivity index (χ0n) is 7.13. The number of rotatable bonds is 3. The van der Waals surface area contributed by atoms with E-state index in [2.05, 4.69) is 4.99 Å². The predicted octanol–water partition coefficient (Wildman–Crippen LogP) is 0.767. The van der Waals surface area contributed by atoms with Crippen molar-refractivity contribution in [3.8, 4) is 5.75 Å². The first-order chi connectivity index (χ1) is 5.84.